The van der Waals surface area contributed by atoms with Gasteiger partial charge < -0.3 is 9.47 Å². The Hall–Kier alpha value is -2.17. The number of hydrogen-bond acceptors (Lipinski definition) is 5. The van der Waals surface area contributed by atoms with Crippen LogP contribution in [0.3, 0.4) is 0 Å². The number of ether oxygens (including phenoxy) is 2. The van der Waals surface area contributed by atoms with E-state index in [-0.39, 0.29) is 18.8 Å². The lowest BCUT2D eigenvalue weighted by Gasteiger charge is -2.12. The van der Waals surface area contributed by atoms with E-state index in [2.05, 4.69) is 4.74 Å². The Bertz CT molecular complexity index is 494. The summed E-state index contributed by atoms with van der Waals surface area (Å²) in [7, 11) is 1.21. The molecule has 19 heavy (non-hydrogen) atoms. The Labute approximate surface area is 110 Å². The fraction of sp³-hybridized carbons (Fsp3) is 0.357. The highest BCUT2D eigenvalue weighted by Gasteiger charge is 2.44. The summed E-state index contributed by atoms with van der Waals surface area (Å²) in [5.74, 6) is -2.81. The van der Waals surface area contributed by atoms with Crippen LogP contribution in [0, 0.1) is 11.8 Å². The number of ketones is 1. The summed E-state index contributed by atoms with van der Waals surface area (Å²) in [6.07, 6.45) is 0.0928. The highest BCUT2D eigenvalue weighted by atomic mass is 16.6. The van der Waals surface area contributed by atoms with Crippen LogP contribution in [0.1, 0.15) is 16.8 Å². The number of esters is 2. The first-order valence-corrected chi connectivity index (χ1v) is 5.96. The molecule has 2 atom stereocenters. The van der Waals surface area contributed by atoms with Crippen molar-refractivity contribution in [3.63, 3.8) is 0 Å². The second-order valence-electron chi connectivity index (χ2n) is 4.38. The summed E-state index contributed by atoms with van der Waals surface area (Å²) in [5.41, 5.74) is 0.561. The van der Waals surface area contributed by atoms with Crippen LogP contribution in [0.15, 0.2) is 30.3 Å². The summed E-state index contributed by atoms with van der Waals surface area (Å²) >= 11 is 0. The van der Waals surface area contributed by atoms with Crippen molar-refractivity contribution in [3.05, 3.63) is 35.9 Å². The number of carbonyl (C=O) groups excluding carboxylic acids is 3. The third kappa shape index (κ3) is 2.81. The molecule has 0 unspecified atom stereocenters. The molecule has 0 radical (unpaired) electrons. The molecule has 1 fully saturated rings. The van der Waals surface area contributed by atoms with E-state index in [0.29, 0.717) is 5.56 Å². The van der Waals surface area contributed by atoms with Crippen molar-refractivity contribution in [1.82, 2.24) is 0 Å². The first-order chi connectivity index (χ1) is 9.13. The zero-order valence-electron chi connectivity index (χ0n) is 10.5. The quantitative estimate of drug-likeness (QED) is 0.463. The number of carbonyl (C=O) groups is 3. The zero-order chi connectivity index (χ0) is 13.8. The molecule has 0 amide bonds. The largest absolute Gasteiger partial charge is 0.468 e. The Kier molecular flexibility index (Phi) is 3.94. The van der Waals surface area contributed by atoms with Crippen molar-refractivity contribution >= 4 is 17.7 Å². The molecule has 0 aliphatic carbocycles. The maximum atomic E-state index is 12.0. The minimum absolute atomic E-state index is 0.0805. The fourth-order valence-corrected chi connectivity index (χ4v) is 2.14. The molecule has 0 bridgehead atoms. The highest BCUT2D eigenvalue weighted by molar-refractivity contribution is 6.00. The van der Waals surface area contributed by atoms with Crippen molar-refractivity contribution < 1.29 is 23.9 Å². The lowest BCUT2D eigenvalue weighted by molar-refractivity contribution is -0.154. The number of hydrogen-bond donors (Lipinski definition) is 0. The molecule has 2 rings (SSSR count). The predicted octanol–water partition coefficient (Wildman–Crippen LogP) is 1.22. The molecule has 0 saturated carbocycles. The second kappa shape index (κ2) is 5.65. The first kappa shape index (κ1) is 13.3. The Balaban J connectivity index is 2.08. The van der Waals surface area contributed by atoms with Gasteiger partial charge in [-0.25, -0.2) is 0 Å². The summed E-state index contributed by atoms with van der Waals surface area (Å²) in [4.78, 5) is 35.0. The smallest absolute Gasteiger partial charge is 0.320 e. The summed E-state index contributed by atoms with van der Waals surface area (Å²) in [6.45, 7) is 0.0805. The van der Waals surface area contributed by atoms with Crippen molar-refractivity contribution in [2.45, 2.75) is 6.42 Å². The van der Waals surface area contributed by atoms with Gasteiger partial charge >= 0.3 is 11.9 Å². The predicted molar refractivity (Wildman–Crippen MR) is 65.3 cm³/mol. The van der Waals surface area contributed by atoms with E-state index >= 15 is 0 Å². The Morgan fingerprint density at radius 3 is 2.63 bits per heavy atom. The molecular weight excluding hydrogens is 248 g/mol. The zero-order valence-corrected chi connectivity index (χ0v) is 10.5. The first-order valence-electron chi connectivity index (χ1n) is 5.96. The number of cyclic esters (lactones) is 1. The van der Waals surface area contributed by atoms with Crippen LogP contribution in [0.5, 0.6) is 0 Å². The van der Waals surface area contributed by atoms with Gasteiger partial charge in [-0.05, 0) is 0 Å². The molecular formula is C14H14O5. The number of methoxy groups -OCH3 is 1. The van der Waals surface area contributed by atoms with Crippen LogP contribution < -0.4 is 0 Å². The van der Waals surface area contributed by atoms with E-state index in [4.69, 9.17) is 4.74 Å². The van der Waals surface area contributed by atoms with Gasteiger partial charge in [-0.15, -0.1) is 0 Å². The third-order valence-corrected chi connectivity index (χ3v) is 3.16. The fourth-order valence-electron chi connectivity index (χ4n) is 2.14. The number of benzene rings is 1. The third-order valence-electron chi connectivity index (χ3n) is 3.16. The van der Waals surface area contributed by atoms with E-state index in [9.17, 15) is 14.4 Å². The average molecular weight is 262 g/mol. The normalized spacial score (nSPS) is 21.8. The molecule has 5 heteroatoms. The highest BCUT2D eigenvalue weighted by Crippen LogP contribution is 2.27. The standard InChI is InChI=1S/C14H14O5/c1-18-13(16)12-10(8-19-14(12)17)7-11(15)9-5-3-2-4-6-9/h2-6,10,12H,7-8H2,1H3/t10-,12-/m0/s1. The second-order valence-corrected chi connectivity index (χ2v) is 4.38. The van der Waals surface area contributed by atoms with E-state index < -0.39 is 23.8 Å². The summed E-state index contributed by atoms with van der Waals surface area (Å²) < 4.78 is 9.42. The molecule has 1 aromatic carbocycles. The van der Waals surface area contributed by atoms with Gasteiger partial charge in [-0.3, -0.25) is 14.4 Å². The van der Waals surface area contributed by atoms with Crippen LogP contribution in [0.2, 0.25) is 0 Å². The molecule has 1 aliphatic heterocycles. The van der Waals surface area contributed by atoms with Crippen LogP contribution in [-0.2, 0) is 19.1 Å². The van der Waals surface area contributed by atoms with Gasteiger partial charge in [0.15, 0.2) is 11.7 Å². The van der Waals surface area contributed by atoms with Crippen LogP contribution in [0.25, 0.3) is 0 Å². The van der Waals surface area contributed by atoms with Crippen LogP contribution in [-0.4, -0.2) is 31.4 Å². The molecule has 0 N–H and O–H groups in total. The van der Waals surface area contributed by atoms with Gasteiger partial charge in [-0.2, -0.15) is 0 Å². The minimum Gasteiger partial charge on any atom is -0.468 e. The average Bonchev–Trinajstić information content (AvgIpc) is 2.80. The molecule has 0 spiro atoms. The van der Waals surface area contributed by atoms with E-state index in [0.717, 1.165) is 0 Å². The SMILES string of the molecule is COC(=O)[C@H]1C(=O)OC[C@@H]1CC(=O)c1ccccc1. The van der Waals surface area contributed by atoms with Crippen LogP contribution in [0.4, 0.5) is 0 Å². The monoisotopic (exact) mass is 262 g/mol. The van der Waals surface area contributed by atoms with Crippen molar-refractivity contribution in [2.75, 3.05) is 13.7 Å². The van der Waals surface area contributed by atoms with E-state index in [1.165, 1.54) is 7.11 Å². The van der Waals surface area contributed by atoms with Gasteiger partial charge in [-0.1, -0.05) is 30.3 Å². The molecule has 1 aromatic rings. The lowest BCUT2D eigenvalue weighted by Crippen LogP contribution is -2.28. The van der Waals surface area contributed by atoms with E-state index in [1.807, 2.05) is 6.07 Å². The molecule has 1 saturated heterocycles. The Morgan fingerprint density at radius 2 is 2.00 bits per heavy atom. The number of rotatable bonds is 4. The van der Waals surface area contributed by atoms with Gasteiger partial charge in [0, 0.05) is 17.9 Å². The van der Waals surface area contributed by atoms with Gasteiger partial charge in [0.2, 0.25) is 0 Å². The minimum atomic E-state index is -0.988. The summed E-state index contributed by atoms with van der Waals surface area (Å²) in [6, 6.07) is 8.75. The van der Waals surface area contributed by atoms with Crippen LogP contribution >= 0.6 is 0 Å². The van der Waals surface area contributed by atoms with Crippen molar-refractivity contribution in [3.8, 4) is 0 Å². The molecule has 1 heterocycles. The van der Waals surface area contributed by atoms with Gasteiger partial charge in [0.1, 0.15) is 0 Å². The Morgan fingerprint density at radius 1 is 1.32 bits per heavy atom. The summed E-state index contributed by atoms with van der Waals surface area (Å²) in [5, 5.41) is 0. The molecule has 100 valence electrons. The van der Waals surface area contributed by atoms with Crippen molar-refractivity contribution in [1.29, 1.82) is 0 Å². The number of Topliss-reactive ketones (excluding diaryl/α,β-unsaturated/α-hetero) is 1. The lowest BCUT2D eigenvalue weighted by atomic mass is 9.89. The maximum absolute atomic E-state index is 12.0. The molecule has 5 nitrogen and oxygen atoms in total. The van der Waals surface area contributed by atoms with Gasteiger partial charge in [0.25, 0.3) is 0 Å². The van der Waals surface area contributed by atoms with Crippen molar-refractivity contribution in [2.24, 2.45) is 11.8 Å². The van der Waals surface area contributed by atoms with Gasteiger partial charge in [0.05, 0.1) is 13.7 Å². The molecule has 0 aromatic heterocycles. The van der Waals surface area contributed by atoms with E-state index in [1.54, 1.807) is 24.3 Å². The molecule has 1 aliphatic rings. The topological polar surface area (TPSA) is 69.7 Å². The maximum Gasteiger partial charge on any atom is 0.320 e.